The van der Waals surface area contributed by atoms with Gasteiger partial charge in [0, 0.05) is 19.6 Å². The van der Waals surface area contributed by atoms with Crippen molar-refractivity contribution in [1.29, 1.82) is 0 Å². The van der Waals surface area contributed by atoms with E-state index in [-0.39, 0.29) is 16.9 Å². The van der Waals surface area contributed by atoms with Gasteiger partial charge in [0.15, 0.2) is 0 Å². The predicted octanol–water partition coefficient (Wildman–Crippen LogP) is 2.72. The van der Waals surface area contributed by atoms with Gasteiger partial charge < -0.3 is 14.6 Å². The highest BCUT2D eigenvalue weighted by Gasteiger charge is 2.16. The van der Waals surface area contributed by atoms with Crippen molar-refractivity contribution >= 4 is 5.97 Å². The molecule has 0 saturated heterocycles. The van der Waals surface area contributed by atoms with E-state index in [2.05, 4.69) is 0 Å². The van der Waals surface area contributed by atoms with Crippen LogP contribution >= 0.6 is 0 Å². The van der Waals surface area contributed by atoms with Crippen molar-refractivity contribution < 1.29 is 23.8 Å². The van der Waals surface area contributed by atoms with Gasteiger partial charge in [-0.1, -0.05) is 0 Å². The van der Waals surface area contributed by atoms with Gasteiger partial charge in [-0.2, -0.15) is 0 Å². The average Bonchev–Trinajstić information content (AvgIpc) is 2.28. The number of carbonyl (C=O) groups is 1. The summed E-state index contributed by atoms with van der Waals surface area (Å²) in [6.07, 6.45) is 0.614. The molecule has 0 unspecified atom stereocenters. The monoisotopic (exact) mass is 256 g/mol. The second kappa shape index (κ2) is 5.82. The highest BCUT2D eigenvalue weighted by molar-refractivity contribution is 5.88. The van der Waals surface area contributed by atoms with E-state index in [1.54, 1.807) is 7.11 Å². The second-order valence-corrected chi connectivity index (χ2v) is 4.54. The largest absolute Gasteiger partial charge is 0.493 e. The Balaban J connectivity index is 2.65. The van der Waals surface area contributed by atoms with Crippen LogP contribution in [0, 0.1) is 5.82 Å². The van der Waals surface area contributed by atoms with E-state index in [9.17, 15) is 9.18 Å². The van der Waals surface area contributed by atoms with Crippen LogP contribution in [0.2, 0.25) is 0 Å². The Hall–Kier alpha value is -1.62. The van der Waals surface area contributed by atoms with Gasteiger partial charge in [0.25, 0.3) is 0 Å². The highest BCUT2D eigenvalue weighted by Crippen LogP contribution is 2.19. The molecule has 1 aromatic rings. The zero-order valence-corrected chi connectivity index (χ0v) is 10.7. The van der Waals surface area contributed by atoms with Crippen LogP contribution in [-0.2, 0) is 4.74 Å². The van der Waals surface area contributed by atoms with Crippen molar-refractivity contribution in [2.24, 2.45) is 0 Å². The Morgan fingerprint density at radius 3 is 2.61 bits per heavy atom. The number of carboxylic acids is 1. The number of ether oxygens (including phenoxy) is 2. The number of aromatic carboxylic acids is 1. The minimum Gasteiger partial charge on any atom is -0.493 e. The van der Waals surface area contributed by atoms with Crippen molar-refractivity contribution in [1.82, 2.24) is 0 Å². The molecule has 0 aliphatic rings. The van der Waals surface area contributed by atoms with E-state index in [1.165, 1.54) is 6.07 Å². The highest BCUT2D eigenvalue weighted by atomic mass is 19.1. The minimum absolute atomic E-state index is 0.129. The summed E-state index contributed by atoms with van der Waals surface area (Å²) >= 11 is 0. The Morgan fingerprint density at radius 1 is 1.39 bits per heavy atom. The number of carboxylic acid groups (broad SMARTS) is 1. The third-order valence-corrected chi connectivity index (χ3v) is 2.64. The average molecular weight is 256 g/mol. The molecule has 4 nitrogen and oxygen atoms in total. The van der Waals surface area contributed by atoms with Crippen molar-refractivity contribution in [3.63, 3.8) is 0 Å². The Kier molecular flexibility index (Phi) is 4.67. The van der Waals surface area contributed by atoms with Crippen molar-refractivity contribution in [3.05, 3.63) is 29.6 Å². The van der Waals surface area contributed by atoms with Gasteiger partial charge in [-0.3, -0.25) is 0 Å². The number of halogens is 1. The maximum absolute atomic E-state index is 13.1. The van der Waals surface area contributed by atoms with Crippen molar-refractivity contribution in [2.45, 2.75) is 25.9 Å². The zero-order valence-electron chi connectivity index (χ0n) is 10.7. The van der Waals surface area contributed by atoms with E-state index in [0.717, 1.165) is 12.1 Å². The molecule has 0 aliphatic heterocycles. The fraction of sp³-hybridized carbons (Fsp3) is 0.462. The smallest absolute Gasteiger partial charge is 0.335 e. The first-order valence-electron chi connectivity index (χ1n) is 5.56. The summed E-state index contributed by atoms with van der Waals surface area (Å²) in [5.41, 5.74) is -0.459. The van der Waals surface area contributed by atoms with Gasteiger partial charge in [0.1, 0.15) is 11.6 Å². The molecule has 100 valence electrons. The first-order valence-corrected chi connectivity index (χ1v) is 5.56. The quantitative estimate of drug-likeness (QED) is 0.850. The van der Waals surface area contributed by atoms with E-state index in [0.29, 0.717) is 13.0 Å². The number of benzene rings is 1. The van der Waals surface area contributed by atoms with E-state index < -0.39 is 11.8 Å². The summed E-state index contributed by atoms with van der Waals surface area (Å²) in [4.78, 5) is 10.7. The summed E-state index contributed by atoms with van der Waals surface area (Å²) in [5, 5.41) is 8.78. The molecule has 1 rings (SSSR count). The molecule has 0 spiro atoms. The first-order chi connectivity index (χ1) is 8.34. The van der Waals surface area contributed by atoms with E-state index in [4.69, 9.17) is 14.6 Å². The van der Waals surface area contributed by atoms with Crippen LogP contribution in [0.1, 0.15) is 30.6 Å². The molecule has 18 heavy (non-hydrogen) atoms. The van der Waals surface area contributed by atoms with Crippen molar-refractivity contribution in [3.8, 4) is 5.75 Å². The van der Waals surface area contributed by atoms with Gasteiger partial charge in [-0.15, -0.1) is 0 Å². The second-order valence-electron chi connectivity index (χ2n) is 4.54. The lowest BCUT2D eigenvalue weighted by Gasteiger charge is -2.22. The maximum Gasteiger partial charge on any atom is 0.335 e. The molecule has 0 aliphatic carbocycles. The van der Waals surface area contributed by atoms with Crippen LogP contribution in [0.15, 0.2) is 18.2 Å². The lowest BCUT2D eigenvalue weighted by molar-refractivity contribution is 0.00541. The molecule has 0 heterocycles. The Bertz CT molecular complexity index is 429. The number of methoxy groups -OCH3 is 1. The third-order valence-electron chi connectivity index (χ3n) is 2.64. The lowest BCUT2D eigenvalue weighted by atomic mass is 10.1. The van der Waals surface area contributed by atoms with E-state index >= 15 is 0 Å². The van der Waals surface area contributed by atoms with Gasteiger partial charge in [-0.05, 0) is 26.0 Å². The minimum atomic E-state index is -1.18. The van der Waals surface area contributed by atoms with E-state index in [1.807, 2.05) is 13.8 Å². The number of rotatable bonds is 6. The molecular formula is C13H17FO4. The van der Waals surface area contributed by atoms with Gasteiger partial charge >= 0.3 is 5.97 Å². The lowest BCUT2D eigenvalue weighted by Crippen LogP contribution is -2.25. The standard InChI is InChI=1S/C13H17FO4/c1-13(2,17-3)4-5-18-11-7-9(12(15)16)6-10(14)8-11/h6-8H,4-5H2,1-3H3,(H,15,16). The Labute approximate surface area is 105 Å². The molecule has 1 N–H and O–H groups in total. The van der Waals surface area contributed by atoms with Gasteiger partial charge in [0.2, 0.25) is 0 Å². The molecule has 1 aromatic carbocycles. The summed E-state index contributed by atoms with van der Waals surface area (Å²) in [7, 11) is 1.60. The molecular weight excluding hydrogens is 239 g/mol. The fourth-order valence-corrected chi connectivity index (χ4v) is 1.29. The molecule has 0 atom stereocenters. The van der Waals surface area contributed by atoms with Crippen LogP contribution in [0.25, 0.3) is 0 Å². The fourth-order valence-electron chi connectivity index (χ4n) is 1.29. The zero-order chi connectivity index (χ0) is 13.8. The van der Waals surface area contributed by atoms with Crippen LogP contribution in [0.3, 0.4) is 0 Å². The third kappa shape index (κ3) is 4.33. The molecule has 0 bridgehead atoms. The SMILES string of the molecule is COC(C)(C)CCOc1cc(F)cc(C(=O)O)c1. The molecule has 0 aromatic heterocycles. The molecule has 0 amide bonds. The predicted molar refractivity (Wildman–Crippen MR) is 64.6 cm³/mol. The molecule has 0 saturated carbocycles. The summed E-state index contributed by atoms with van der Waals surface area (Å²) in [5.74, 6) is -1.60. The summed E-state index contributed by atoms with van der Waals surface area (Å²) < 4.78 is 23.7. The molecule has 5 heteroatoms. The summed E-state index contributed by atoms with van der Waals surface area (Å²) in [6, 6.07) is 3.41. The van der Waals surface area contributed by atoms with Crippen LogP contribution in [0.4, 0.5) is 4.39 Å². The molecule has 0 fully saturated rings. The van der Waals surface area contributed by atoms with Crippen LogP contribution in [-0.4, -0.2) is 30.4 Å². The summed E-state index contributed by atoms with van der Waals surface area (Å²) in [6.45, 7) is 4.14. The van der Waals surface area contributed by atoms with Gasteiger partial charge in [-0.25, -0.2) is 9.18 Å². The Morgan fingerprint density at radius 2 is 2.06 bits per heavy atom. The molecule has 0 radical (unpaired) electrons. The number of hydrogen-bond acceptors (Lipinski definition) is 3. The topological polar surface area (TPSA) is 55.8 Å². The normalized spacial score (nSPS) is 11.3. The first kappa shape index (κ1) is 14.4. The number of hydrogen-bond donors (Lipinski definition) is 1. The van der Waals surface area contributed by atoms with Crippen molar-refractivity contribution in [2.75, 3.05) is 13.7 Å². The maximum atomic E-state index is 13.1. The van der Waals surface area contributed by atoms with Crippen LogP contribution in [0.5, 0.6) is 5.75 Å². The van der Waals surface area contributed by atoms with Gasteiger partial charge in [0.05, 0.1) is 17.8 Å². The van der Waals surface area contributed by atoms with Crippen LogP contribution < -0.4 is 4.74 Å².